The zero-order chi connectivity index (χ0) is 26.3. The fourth-order valence-corrected chi connectivity index (χ4v) is 7.26. The summed E-state index contributed by atoms with van der Waals surface area (Å²) in [4.78, 5) is 14.8. The molecule has 1 aliphatic carbocycles. The minimum Gasteiger partial charge on any atom is -0.293 e. The van der Waals surface area contributed by atoms with E-state index >= 15 is 0 Å². The third-order valence-corrected chi connectivity index (χ3v) is 9.82. The molecule has 0 aromatic heterocycles. The van der Waals surface area contributed by atoms with E-state index in [-0.39, 0.29) is 17.6 Å². The summed E-state index contributed by atoms with van der Waals surface area (Å²) in [6.07, 6.45) is 0.763. The fraction of sp³-hybridized carbons (Fsp3) is 0.206. The van der Waals surface area contributed by atoms with Gasteiger partial charge in [0.15, 0.2) is 5.78 Å². The van der Waals surface area contributed by atoms with Crippen LogP contribution in [0.1, 0.15) is 62.8 Å². The molecule has 0 heterocycles. The fourth-order valence-electron chi connectivity index (χ4n) is 5.85. The van der Waals surface area contributed by atoms with Crippen molar-refractivity contribution in [2.75, 3.05) is 0 Å². The van der Waals surface area contributed by atoms with Gasteiger partial charge < -0.3 is 0 Å². The van der Waals surface area contributed by atoms with E-state index in [0.717, 1.165) is 43.2 Å². The first-order chi connectivity index (χ1) is 17.8. The van der Waals surface area contributed by atoms with Gasteiger partial charge in [-0.1, -0.05) is 111 Å². The van der Waals surface area contributed by atoms with Crippen molar-refractivity contribution >= 4 is 48.8 Å². The molecule has 186 valence electrons. The molecule has 37 heavy (non-hydrogen) atoms. The maximum Gasteiger partial charge on any atom is 0.171 e. The standard InChI is InChI=1S/C34H30Br2O/c1-20-21(2)23(4)33(36)30(22(20)3)28-19-27(26-17-11-12-18-29(26)35)31(24-13-7-5-8-14-24)34(37)32(28)25-15-9-6-10-16-25/h5-18,28,32H,19H2,1-4H3. The van der Waals surface area contributed by atoms with Crippen LogP contribution in [0.4, 0.5) is 0 Å². The molecule has 5 rings (SSSR count). The van der Waals surface area contributed by atoms with E-state index < -0.39 is 0 Å². The number of carbonyl (C=O) groups is 1. The van der Waals surface area contributed by atoms with Crippen LogP contribution >= 0.6 is 31.9 Å². The molecule has 1 nitrogen and oxygen atoms in total. The Hall–Kier alpha value is -2.75. The van der Waals surface area contributed by atoms with Crippen LogP contribution in [0.2, 0.25) is 0 Å². The second kappa shape index (κ2) is 10.6. The van der Waals surface area contributed by atoms with Gasteiger partial charge in [0.1, 0.15) is 0 Å². The van der Waals surface area contributed by atoms with Crippen molar-refractivity contribution in [3.05, 3.63) is 138 Å². The highest BCUT2D eigenvalue weighted by molar-refractivity contribution is 9.10. The lowest BCUT2D eigenvalue weighted by atomic mass is 9.66. The molecule has 0 saturated carbocycles. The first-order valence-corrected chi connectivity index (χ1v) is 14.3. The molecule has 0 fully saturated rings. The number of rotatable bonds is 4. The van der Waals surface area contributed by atoms with Crippen molar-refractivity contribution in [3.8, 4) is 0 Å². The molecule has 1 aliphatic rings. The lowest BCUT2D eigenvalue weighted by Crippen LogP contribution is -2.28. The normalized spacial score (nSPS) is 17.8. The zero-order valence-corrected chi connectivity index (χ0v) is 24.8. The Morgan fingerprint density at radius 2 is 1.24 bits per heavy atom. The summed E-state index contributed by atoms with van der Waals surface area (Å²) in [5.74, 6) is -0.0995. The van der Waals surface area contributed by atoms with Crippen LogP contribution in [0.3, 0.4) is 0 Å². The molecule has 2 atom stereocenters. The van der Waals surface area contributed by atoms with Crippen LogP contribution < -0.4 is 0 Å². The first-order valence-electron chi connectivity index (χ1n) is 12.7. The minimum atomic E-state index is -0.279. The highest BCUT2D eigenvalue weighted by atomic mass is 79.9. The molecule has 0 N–H and O–H groups in total. The smallest absolute Gasteiger partial charge is 0.171 e. The Balaban J connectivity index is 1.85. The van der Waals surface area contributed by atoms with E-state index in [1.807, 2.05) is 42.5 Å². The molecule has 4 aromatic rings. The van der Waals surface area contributed by atoms with Gasteiger partial charge in [-0.25, -0.2) is 0 Å². The highest BCUT2D eigenvalue weighted by Crippen LogP contribution is 2.53. The molecule has 0 radical (unpaired) electrons. The van der Waals surface area contributed by atoms with Crippen LogP contribution in [0.25, 0.3) is 11.1 Å². The summed E-state index contributed by atoms with van der Waals surface area (Å²) in [5, 5.41) is 0. The topological polar surface area (TPSA) is 17.1 Å². The van der Waals surface area contributed by atoms with Gasteiger partial charge >= 0.3 is 0 Å². The van der Waals surface area contributed by atoms with Crippen molar-refractivity contribution in [3.63, 3.8) is 0 Å². The van der Waals surface area contributed by atoms with Gasteiger partial charge in [-0.15, -0.1) is 0 Å². The summed E-state index contributed by atoms with van der Waals surface area (Å²) in [5.41, 5.74) is 11.4. The van der Waals surface area contributed by atoms with Gasteiger partial charge in [0, 0.05) is 20.4 Å². The van der Waals surface area contributed by atoms with Crippen LogP contribution in [0.5, 0.6) is 0 Å². The van der Waals surface area contributed by atoms with Crippen molar-refractivity contribution < 1.29 is 4.79 Å². The number of hydrogen-bond acceptors (Lipinski definition) is 1. The third kappa shape index (κ3) is 4.57. The number of hydrogen-bond donors (Lipinski definition) is 0. The van der Waals surface area contributed by atoms with E-state index in [4.69, 9.17) is 0 Å². The Morgan fingerprint density at radius 1 is 0.676 bits per heavy atom. The summed E-state index contributed by atoms with van der Waals surface area (Å²) in [6, 6.07) is 28.8. The zero-order valence-electron chi connectivity index (χ0n) is 21.6. The number of halogens is 2. The third-order valence-electron chi connectivity index (χ3n) is 8.11. The lowest BCUT2D eigenvalue weighted by Gasteiger charge is -2.37. The molecule has 4 aromatic carbocycles. The summed E-state index contributed by atoms with van der Waals surface area (Å²) in [7, 11) is 0. The molecule has 0 saturated heterocycles. The Bertz CT molecular complexity index is 1490. The lowest BCUT2D eigenvalue weighted by molar-refractivity contribution is -0.115. The number of benzene rings is 4. The Kier molecular flexibility index (Phi) is 7.38. The number of carbonyl (C=O) groups excluding carboxylic acids is 1. The predicted molar refractivity (Wildman–Crippen MR) is 162 cm³/mol. The molecule has 0 amide bonds. The molecule has 2 unspecified atom stereocenters. The van der Waals surface area contributed by atoms with Crippen LogP contribution in [-0.2, 0) is 4.79 Å². The predicted octanol–water partition coefficient (Wildman–Crippen LogP) is 9.90. The van der Waals surface area contributed by atoms with E-state index in [0.29, 0.717) is 0 Å². The Labute approximate surface area is 236 Å². The van der Waals surface area contributed by atoms with Crippen LogP contribution in [0, 0.1) is 27.7 Å². The minimum absolute atomic E-state index is 0.00292. The molecular weight excluding hydrogens is 584 g/mol. The maximum atomic E-state index is 14.8. The molecule has 0 bridgehead atoms. The van der Waals surface area contributed by atoms with Gasteiger partial charge in [0.2, 0.25) is 0 Å². The number of ketones is 1. The van der Waals surface area contributed by atoms with Crippen molar-refractivity contribution in [1.82, 2.24) is 0 Å². The van der Waals surface area contributed by atoms with Crippen molar-refractivity contribution in [2.45, 2.75) is 46.0 Å². The average molecular weight is 614 g/mol. The van der Waals surface area contributed by atoms with Gasteiger partial charge in [0.25, 0.3) is 0 Å². The van der Waals surface area contributed by atoms with Gasteiger partial charge in [-0.3, -0.25) is 4.79 Å². The maximum absolute atomic E-state index is 14.8. The number of allylic oxidation sites excluding steroid dienone is 2. The van der Waals surface area contributed by atoms with Gasteiger partial charge in [0.05, 0.1) is 5.92 Å². The average Bonchev–Trinajstić information content (AvgIpc) is 2.92. The SMILES string of the molecule is Cc1c(C)c(C)c(C2CC(c3ccccc3Br)=C(c3ccccc3)C(=O)C2c2ccccc2)c(Br)c1C. The molecule has 0 spiro atoms. The second-order valence-electron chi connectivity index (χ2n) is 9.99. The van der Waals surface area contributed by atoms with Crippen LogP contribution in [0.15, 0.2) is 93.9 Å². The summed E-state index contributed by atoms with van der Waals surface area (Å²) >= 11 is 7.78. The highest BCUT2D eigenvalue weighted by Gasteiger charge is 2.41. The second-order valence-corrected chi connectivity index (χ2v) is 11.6. The monoisotopic (exact) mass is 612 g/mol. The summed E-state index contributed by atoms with van der Waals surface area (Å²) < 4.78 is 2.14. The van der Waals surface area contributed by atoms with Crippen LogP contribution in [-0.4, -0.2) is 5.78 Å². The van der Waals surface area contributed by atoms with E-state index in [2.05, 4.69) is 102 Å². The van der Waals surface area contributed by atoms with E-state index in [1.54, 1.807) is 0 Å². The molecular formula is C34H30Br2O. The van der Waals surface area contributed by atoms with Crippen molar-refractivity contribution in [1.29, 1.82) is 0 Å². The molecule has 3 heteroatoms. The Morgan fingerprint density at radius 3 is 1.89 bits per heavy atom. The summed E-state index contributed by atoms with van der Waals surface area (Å²) in [6.45, 7) is 8.78. The first kappa shape index (κ1) is 25.9. The van der Waals surface area contributed by atoms with Gasteiger partial charge in [-0.05, 0) is 90.3 Å². The van der Waals surface area contributed by atoms with E-state index in [1.165, 1.54) is 27.8 Å². The van der Waals surface area contributed by atoms with E-state index in [9.17, 15) is 4.79 Å². The van der Waals surface area contributed by atoms with Crippen molar-refractivity contribution in [2.24, 2.45) is 0 Å². The number of Topliss-reactive ketones (excluding diaryl/α,β-unsaturated/α-hetero) is 1. The van der Waals surface area contributed by atoms with Gasteiger partial charge in [-0.2, -0.15) is 0 Å². The largest absolute Gasteiger partial charge is 0.293 e. The quantitative estimate of drug-likeness (QED) is 0.224. The molecule has 0 aliphatic heterocycles.